The van der Waals surface area contributed by atoms with Gasteiger partial charge in [-0.3, -0.25) is 4.98 Å². The van der Waals surface area contributed by atoms with Crippen LogP contribution in [0.1, 0.15) is 34.0 Å². The first-order chi connectivity index (χ1) is 12.1. The predicted octanol–water partition coefficient (Wildman–Crippen LogP) is 3.54. The van der Waals surface area contributed by atoms with Crippen LogP contribution >= 0.6 is 0 Å². The van der Waals surface area contributed by atoms with Gasteiger partial charge in [0.05, 0.1) is 12.2 Å². The maximum Gasteiger partial charge on any atom is 0.338 e. The van der Waals surface area contributed by atoms with Gasteiger partial charge in [-0.1, -0.05) is 11.2 Å². The molecule has 0 saturated carbocycles. The molecule has 0 saturated heterocycles. The Morgan fingerprint density at radius 3 is 2.56 bits per heavy atom. The first-order valence-electron chi connectivity index (χ1n) is 8.12. The minimum atomic E-state index is -0.342. The van der Waals surface area contributed by atoms with Gasteiger partial charge in [-0.05, 0) is 63.1 Å². The average molecular weight is 337 g/mol. The molecule has 128 valence electrons. The molecule has 0 aliphatic rings. The Labute approximate surface area is 145 Å². The fourth-order valence-electron chi connectivity index (χ4n) is 2.40. The van der Waals surface area contributed by atoms with E-state index in [4.69, 9.17) is 9.26 Å². The molecule has 6 nitrogen and oxygen atoms in total. The minimum absolute atomic E-state index is 0.342. The second-order valence-corrected chi connectivity index (χ2v) is 5.73. The van der Waals surface area contributed by atoms with Gasteiger partial charge >= 0.3 is 5.97 Å². The molecule has 0 spiro atoms. The molecule has 0 unspecified atom stereocenters. The van der Waals surface area contributed by atoms with Gasteiger partial charge in [0.15, 0.2) is 5.82 Å². The quantitative estimate of drug-likeness (QED) is 0.506. The highest BCUT2D eigenvalue weighted by Gasteiger charge is 2.10. The van der Waals surface area contributed by atoms with Crippen LogP contribution in [0, 0.1) is 13.8 Å². The van der Waals surface area contributed by atoms with E-state index < -0.39 is 0 Å². The van der Waals surface area contributed by atoms with Crippen molar-refractivity contribution in [3.63, 3.8) is 0 Å². The molecule has 0 atom stereocenters. The smallest absolute Gasteiger partial charge is 0.338 e. The number of nitrogens with zero attached hydrogens (tertiary/aromatic N) is 3. The topological polar surface area (TPSA) is 78.1 Å². The van der Waals surface area contributed by atoms with Crippen molar-refractivity contribution in [1.82, 2.24) is 15.1 Å². The van der Waals surface area contributed by atoms with Crippen molar-refractivity contribution in [2.75, 3.05) is 6.61 Å². The molecule has 3 rings (SSSR count). The summed E-state index contributed by atoms with van der Waals surface area (Å²) in [5.74, 6) is 0.662. The van der Waals surface area contributed by atoms with E-state index in [2.05, 4.69) is 15.1 Å². The molecule has 0 aliphatic carbocycles. The van der Waals surface area contributed by atoms with E-state index in [1.807, 2.05) is 25.1 Å². The minimum Gasteiger partial charge on any atom is -0.462 e. The van der Waals surface area contributed by atoms with Gasteiger partial charge in [-0.2, -0.15) is 4.98 Å². The molecule has 2 aromatic heterocycles. The molecule has 6 heteroatoms. The number of rotatable bonds is 6. The molecule has 2 heterocycles. The lowest BCUT2D eigenvalue weighted by atomic mass is 10.1. The molecular weight excluding hydrogens is 318 g/mol. The third kappa shape index (κ3) is 4.50. The number of ether oxygens (including phenoxy) is 1. The summed E-state index contributed by atoms with van der Waals surface area (Å²) in [6.45, 7) is 4.08. The van der Waals surface area contributed by atoms with Crippen LogP contribution < -0.4 is 0 Å². The molecule has 3 aromatic rings. The molecule has 1 aromatic carbocycles. The van der Waals surface area contributed by atoms with Crippen LogP contribution in [0.2, 0.25) is 0 Å². The molecule has 0 amide bonds. The SMILES string of the molecule is Cc1cccc(CCCOC(=O)c2ccc(-c3nc(C)no3)cc2)n1. The maximum absolute atomic E-state index is 12.1. The van der Waals surface area contributed by atoms with Gasteiger partial charge in [-0.15, -0.1) is 0 Å². The highest BCUT2D eigenvalue weighted by molar-refractivity contribution is 5.89. The molecule has 0 fully saturated rings. The summed E-state index contributed by atoms with van der Waals surface area (Å²) in [6, 6.07) is 12.8. The van der Waals surface area contributed by atoms with Crippen LogP contribution in [0.25, 0.3) is 11.5 Å². The fourth-order valence-corrected chi connectivity index (χ4v) is 2.40. The summed E-state index contributed by atoms with van der Waals surface area (Å²) in [5, 5.41) is 3.75. The van der Waals surface area contributed by atoms with Crippen molar-refractivity contribution in [1.29, 1.82) is 0 Å². The van der Waals surface area contributed by atoms with E-state index in [0.717, 1.165) is 29.8 Å². The Bertz CT molecular complexity index is 856. The number of esters is 1. The van der Waals surface area contributed by atoms with E-state index >= 15 is 0 Å². The normalized spacial score (nSPS) is 10.6. The number of hydrogen-bond acceptors (Lipinski definition) is 6. The first-order valence-corrected chi connectivity index (χ1v) is 8.12. The predicted molar refractivity (Wildman–Crippen MR) is 92.0 cm³/mol. The Morgan fingerprint density at radius 1 is 1.08 bits per heavy atom. The largest absolute Gasteiger partial charge is 0.462 e. The van der Waals surface area contributed by atoms with Gasteiger partial charge in [0.2, 0.25) is 0 Å². The Kier molecular flexibility index (Phi) is 5.18. The van der Waals surface area contributed by atoms with Crippen molar-refractivity contribution in [2.45, 2.75) is 26.7 Å². The van der Waals surface area contributed by atoms with Gasteiger partial charge in [0.1, 0.15) is 0 Å². The fraction of sp³-hybridized carbons (Fsp3) is 0.263. The zero-order valence-electron chi connectivity index (χ0n) is 14.2. The van der Waals surface area contributed by atoms with E-state index in [-0.39, 0.29) is 5.97 Å². The lowest BCUT2D eigenvalue weighted by Gasteiger charge is -2.05. The van der Waals surface area contributed by atoms with Crippen LogP contribution in [-0.2, 0) is 11.2 Å². The highest BCUT2D eigenvalue weighted by atomic mass is 16.5. The van der Waals surface area contributed by atoms with Gasteiger partial charge in [0.25, 0.3) is 5.89 Å². The van der Waals surface area contributed by atoms with Crippen molar-refractivity contribution in [3.05, 3.63) is 65.2 Å². The lowest BCUT2D eigenvalue weighted by molar-refractivity contribution is 0.0500. The number of aryl methyl sites for hydroxylation is 3. The number of aromatic nitrogens is 3. The zero-order valence-corrected chi connectivity index (χ0v) is 14.2. The van der Waals surface area contributed by atoms with Crippen LogP contribution in [0.3, 0.4) is 0 Å². The third-order valence-corrected chi connectivity index (χ3v) is 3.65. The number of carbonyl (C=O) groups is 1. The lowest BCUT2D eigenvalue weighted by Crippen LogP contribution is -2.07. The monoisotopic (exact) mass is 337 g/mol. The second-order valence-electron chi connectivity index (χ2n) is 5.73. The zero-order chi connectivity index (χ0) is 17.6. The summed E-state index contributed by atoms with van der Waals surface area (Å²) in [4.78, 5) is 20.7. The molecule has 25 heavy (non-hydrogen) atoms. The van der Waals surface area contributed by atoms with Crippen molar-refractivity contribution in [3.8, 4) is 11.5 Å². The van der Waals surface area contributed by atoms with E-state index in [1.54, 1.807) is 31.2 Å². The molecule has 0 aliphatic heterocycles. The standard InChI is InChI=1S/C19H19N3O3/c1-13-5-3-6-17(20-13)7-4-12-24-19(23)16-10-8-15(9-11-16)18-21-14(2)22-25-18/h3,5-6,8-11H,4,7,12H2,1-2H3. The molecule has 0 bridgehead atoms. The Hall–Kier alpha value is -3.02. The summed E-state index contributed by atoms with van der Waals surface area (Å²) in [5.41, 5.74) is 3.26. The van der Waals surface area contributed by atoms with E-state index in [0.29, 0.717) is 23.9 Å². The Balaban J connectivity index is 1.49. The second kappa shape index (κ2) is 7.70. The van der Waals surface area contributed by atoms with Crippen LogP contribution in [0.5, 0.6) is 0 Å². The highest BCUT2D eigenvalue weighted by Crippen LogP contribution is 2.18. The number of benzene rings is 1. The summed E-state index contributed by atoms with van der Waals surface area (Å²) in [6.07, 6.45) is 1.52. The van der Waals surface area contributed by atoms with Crippen molar-refractivity contribution in [2.24, 2.45) is 0 Å². The van der Waals surface area contributed by atoms with Gasteiger partial charge in [-0.25, -0.2) is 4.79 Å². The van der Waals surface area contributed by atoms with Crippen LogP contribution in [-0.4, -0.2) is 27.7 Å². The van der Waals surface area contributed by atoms with E-state index in [9.17, 15) is 4.79 Å². The Morgan fingerprint density at radius 2 is 1.88 bits per heavy atom. The average Bonchev–Trinajstić information content (AvgIpc) is 3.05. The maximum atomic E-state index is 12.1. The number of carbonyl (C=O) groups excluding carboxylic acids is 1. The first kappa shape index (κ1) is 16.8. The molecular formula is C19H19N3O3. The van der Waals surface area contributed by atoms with Crippen LogP contribution in [0.4, 0.5) is 0 Å². The third-order valence-electron chi connectivity index (χ3n) is 3.65. The molecule has 0 radical (unpaired) electrons. The number of hydrogen-bond donors (Lipinski definition) is 0. The van der Waals surface area contributed by atoms with Gasteiger partial charge in [0, 0.05) is 17.0 Å². The van der Waals surface area contributed by atoms with Crippen LogP contribution in [0.15, 0.2) is 47.0 Å². The summed E-state index contributed by atoms with van der Waals surface area (Å²) in [7, 11) is 0. The summed E-state index contributed by atoms with van der Waals surface area (Å²) >= 11 is 0. The van der Waals surface area contributed by atoms with Crippen molar-refractivity contribution >= 4 is 5.97 Å². The summed E-state index contributed by atoms with van der Waals surface area (Å²) < 4.78 is 10.4. The van der Waals surface area contributed by atoms with E-state index in [1.165, 1.54) is 0 Å². The van der Waals surface area contributed by atoms with Gasteiger partial charge < -0.3 is 9.26 Å². The number of pyridine rings is 1. The molecule has 0 N–H and O–H groups in total. The van der Waals surface area contributed by atoms with Crippen molar-refractivity contribution < 1.29 is 14.1 Å².